The van der Waals surface area contributed by atoms with Gasteiger partial charge in [-0.25, -0.2) is 0 Å². The first kappa shape index (κ1) is 13.5. The topological polar surface area (TPSA) is 50.9 Å². The molecule has 1 heterocycles. The van der Waals surface area contributed by atoms with Gasteiger partial charge < -0.3 is 0 Å². The Bertz CT molecular complexity index is 378. The SMILES string of the molecule is CCC1CCCC(C(NN)c2cccnc2C)C1. The van der Waals surface area contributed by atoms with Crippen LogP contribution in [0, 0.1) is 18.8 Å². The summed E-state index contributed by atoms with van der Waals surface area (Å²) in [6.45, 7) is 4.37. The zero-order chi connectivity index (χ0) is 13.0. The molecule has 1 aromatic rings. The molecule has 3 atom stereocenters. The van der Waals surface area contributed by atoms with Crippen molar-refractivity contribution < 1.29 is 0 Å². The number of hydrogen-bond acceptors (Lipinski definition) is 3. The standard InChI is InChI=1S/C15H25N3/c1-3-12-6-4-7-13(10-12)15(18-16)14-8-5-9-17-11(14)2/h5,8-9,12-13,15,18H,3-4,6-7,10,16H2,1-2H3. The average molecular weight is 247 g/mol. The molecule has 0 bridgehead atoms. The number of aromatic nitrogens is 1. The van der Waals surface area contributed by atoms with E-state index in [1.807, 2.05) is 12.3 Å². The maximum absolute atomic E-state index is 5.81. The van der Waals surface area contributed by atoms with Crippen LogP contribution in [0.2, 0.25) is 0 Å². The Kier molecular flexibility index (Phi) is 4.72. The highest BCUT2D eigenvalue weighted by atomic mass is 15.2. The van der Waals surface area contributed by atoms with Crippen LogP contribution in [-0.4, -0.2) is 4.98 Å². The van der Waals surface area contributed by atoms with Crippen LogP contribution >= 0.6 is 0 Å². The average Bonchev–Trinajstić information content (AvgIpc) is 2.42. The number of nitrogens with two attached hydrogens (primary N) is 1. The van der Waals surface area contributed by atoms with Gasteiger partial charge in [-0.15, -0.1) is 0 Å². The molecule has 0 aliphatic heterocycles. The minimum atomic E-state index is 0.257. The van der Waals surface area contributed by atoms with Crippen molar-refractivity contribution in [3.05, 3.63) is 29.6 Å². The molecular formula is C15H25N3. The number of pyridine rings is 1. The van der Waals surface area contributed by atoms with Crippen molar-refractivity contribution >= 4 is 0 Å². The van der Waals surface area contributed by atoms with Gasteiger partial charge in [0.1, 0.15) is 0 Å². The minimum absolute atomic E-state index is 0.257. The highest BCUT2D eigenvalue weighted by molar-refractivity contribution is 5.23. The molecule has 2 rings (SSSR count). The molecule has 1 aromatic heterocycles. The Hall–Kier alpha value is -0.930. The molecule has 1 aliphatic rings. The second-order valence-electron chi connectivity index (χ2n) is 5.52. The summed E-state index contributed by atoms with van der Waals surface area (Å²) in [5.41, 5.74) is 5.40. The summed E-state index contributed by atoms with van der Waals surface area (Å²) in [5.74, 6) is 7.34. The first-order chi connectivity index (χ1) is 8.76. The molecule has 0 aromatic carbocycles. The van der Waals surface area contributed by atoms with Crippen LogP contribution in [0.1, 0.15) is 56.3 Å². The van der Waals surface area contributed by atoms with Crippen molar-refractivity contribution in [1.29, 1.82) is 0 Å². The molecule has 3 nitrogen and oxygen atoms in total. The smallest absolute Gasteiger partial charge is 0.0506 e. The summed E-state index contributed by atoms with van der Waals surface area (Å²) in [6, 6.07) is 4.42. The first-order valence-corrected chi connectivity index (χ1v) is 7.13. The summed E-state index contributed by atoms with van der Waals surface area (Å²) in [5, 5.41) is 0. The fraction of sp³-hybridized carbons (Fsp3) is 0.667. The monoisotopic (exact) mass is 247 g/mol. The summed E-state index contributed by atoms with van der Waals surface area (Å²) in [4.78, 5) is 4.39. The highest BCUT2D eigenvalue weighted by Gasteiger charge is 2.29. The molecule has 3 heteroatoms. The number of rotatable bonds is 4. The highest BCUT2D eigenvalue weighted by Crippen LogP contribution is 2.38. The van der Waals surface area contributed by atoms with E-state index < -0.39 is 0 Å². The molecular weight excluding hydrogens is 222 g/mol. The predicted octanol–water partition coefficient (Wildman–Crippen LogP) is 3.11. The van der Waals surface area contributed by atoms with Crippen LogP contribution in [0.5, 0.6) is 0 Å². The molecule has 1 saturated carbocycles. The Morgan fingerprint density at radius 1 is 1.50 bits per heavy atom. The Morgan fingerprint density at radius 2 is 2.33 bits per heavy atom. The summed E-state index contributed by atoms with van der Waals surface area (Å²) < 4.78 is 0. The Balaban J connectivity index is 2.15. The molecule has 0 radical (unpaired) electrons. The van der Waals surface area contributed by atoms with Crippen LogP contribution < -0.4 is 11.3 Å². The molecule has 18 heavy (non-hydrogen) atoms. The summed E-state index contributed by atoms with van der Waals surface area (Å²) in [7, 11) is 0. The molecule has 1 aliphatic carbocycles. The van der Waals surface area contributed by atoms with Crippen LogP contribution in [0.15, 0.2) is 18.3 Å². The number of nitrogens with zero attached hydrogens (tertiary/aromatic N) is 1. The van der Waals surface area contributed by atoms with Crippen molar-refractivity contribution in [3.63, 3.8) is 0 Å². The van der Waals surface area contributed by atoms with Gasteiger partial charge in [-0.05, 0) is 43.2 Å². The largest absolute Gasteiger partial charge is 0.271 e. The van der Waals surface area contributed by atoms with Crippen molar-refractivity contribution in [2.24, 2.45) is 17.7 Å². The molecule has 100 valence electrons. The lowest BCUT2D eigenvalue weighted by atomic mass is 9.75. The van der Waals surface area contributed by atoms with Gasteiger partial charge in [0.25, 0.3) is 0 Å². The summed E-state index contributed by atoms with van der Waals surface area (Å²) in [6.07, 6.45) is 8.43. The number of hydrogen-bond donors (Lipinski definition) is 2. The second-order valence-corrected chi connectivity index (χ2v) is 5.52. The molecule has 1 fully saturated rings. The van der Waals surface area contributed by atoms with E-state index in [1.165, 1.54) is 37.7 Å². The zero-order valence-electron chi connectivity index (χ0n) is 11.5. The van der Waals surface area contributed by atoms with Crippen molar-refractivity contribution in [1.82, 2.24) is 10.4 Å². The third kappa shape index (κ3) is 2.90. The van der Waals surface area contributed by atoms with E-state index in [0.717, 1.165) is 11.6 Å². The van der Waals surface area contributed by atoms with Crippen LogP contribution in [0.3, 0.4) is 0 Å². The third-order valence-corrected chi connectivity index (χ3v) is 4.43. The number of hydrazine groups is 1. The van der Waals surface area contributed by atoms with Gasteiger partial charge in [0, 0.05) is 11.9 Å². The van der Waals surface area contributed by atoms with Gasteiger partial charge >= 0.3 is 0 Å². The summed E-state index contributed by atoms with van der Waals surface area (Å²) >= 11 is 0. The van der Waals surface area contributed by atoms with Gasteiger partial charge in [0.05, 0.1) is 6.04 Å². The lowest BCUT2D eigenvalue weighted by molar-refractivity contribution is 0.209. The van der Waals surface area contributed by atoms with Gasteiger partial charge in [-0.3, -0.25) is 16.3 Å². The van der Waals surface area contributed by atoms with E-state index in [4.69, 9.17) is 5.84 Å². The van der Waals surface area contributed by atoms with E-state index >= 15 is 0 Å². The molecule has 0 amide bonds. The molecule has 3 unspecified atom stereocenters. The predicted molar refractivity (Wildman–Crippen MR) is 74.8 cm³/mol. The Morgan fingerprint density at radius 3 is 3.00 bits per heavy atom. The van der Waals surface area contributed by atoms with Gasteiger partial charge in [-0.1, -0.05) is 32.3 Å². The van der Waals surface area contributed by atoms with E-state index in [0.29, 0.717) is 5.92 Å². The second kappa shape index (κ2) is 6.30. The maximum Gasteiger partial charge on any atom is 0.0506 e. The lowest BCUT2D eigenvalue weighted by Crippen LogP contribution is -2.36. The fourth-order valence-corrected chi connectivity index (χ4v) is 3.31. The maximum atomic E-state index is 5.81. The zero-order valence-corrected chi connectivity index (χ0v) is 11.5. The third-order valence-electron chi connectivity index (χ3n) is 4.43. The molecule has 0 spiro atoms. The normalized spacial score (nSPS) is 25.9. The minimum Gasteiger partial charge on any atom is -0.271 e. The number of nitrogens with one attached hydrogen (secondary N) is 1. The van der Waals surface area contributed by atoms with E-state index in [9.17, 15) is 0 Å². The molecule has 3 N–H and O–H groups in total. The first-order valence-electron chi connectivity index (χ1n) is 7.13. The van der Waals surface area contributed by atoms with Gasteiger partial charge in [0.15, 0.2) is 0 Å². The fourth-order valence-electron chi connectivity index (χ4n) is 3.31. The Labute approximate surface area is 110 Å². The lowest BCUT2D eigenvalue weighted by Gasteiger charge is -2.34. The van der Waals surface area contributed by atoms with E-state index in [-0.39, 0.29) is 6.04 Å². The quantitative estimate of drug-likeness (QED) is 0.635. The van der Waals surface area contributed by atoms with Crippen LogP contribution in [-0.2, 0) is 0 Å². The van der Waals surface area contributed by atoms with Gasteiger partial charge in [0.2, 0.25) is 0 Å². The molecule has 0 saturated heterocycles. The van der Waals surface area contributed by atoms with Crippen molar-refractivity contribution in [2.45, 2.75) is 52.0 Å². The van der Waals surface area contributed by atoms with Crippen LogP contribution in [0.25, 0.3) is 0 Å². The van der Waals surface area contributed by atoms with Crippen LogP contribution in [0.4, 0.5) is 0 Å². The van der Waals surface area contributed by atoms with E-state index in [1.54, 1.807) is 0 Å². The number of aryl methyl sites for hydroxylation is 1. The van der Waals surface area contributed by atoms with Crippen molar-refractivity contribution in [3.8, 4) is 0 Å². The van der Waals surface area contributed by atoms with Gasteiger partial charge in [-0.2, -0.15) is 0 Å². The van der Waals surface area contributed by atoms with E-state index in [2.05, 4.69) is 30.3 Å². The van der Waals surface area contributed by atoms with Crippen molar-refractivity contribution in [2.75, 3.05) is 0 Å².